The number of hydrogen-bond donors (Lipinski definition) is 0. The largest absolute Gasteiger partial charge is 0.497 e. The average Bonchev–Trinajstić information content (AvgIpc) is 2.60. The Labute approximate surface area is 136 Å². The molecule has 0 N–H and O–H groups in total. The Kier molecular flexibility index (Phi) is 4.20. The molecule has 1 aliphatic rings. The molecule has 0 saturated heterocycles. The highest BCUT2D eigenvalue weighted by Crippen LogP contribution is 2.35. The molecular formula is C20H20O3. The third-order valence-corrected chi connectivity index (χ3v) is 4.36. The summed E-state index contributed by atoms with van der Waals surface area (Å²) < 4.78 is 10.5. The second kappa shape index (κ2) is 6.29. The Morgan fingerprint density at radius 3 is 2.22 bits per heavy atom. The molecule has 0 amide bonds. The summed E-state index contributed by atoms with van der Waals surface area (Å²) >= 11 is 0. The second-order valence-corrected chi connectivity index (χ2v) is 5.74. The van der Waals surface area contributed by atoms with Crippen LogP contribution in [0, 0.1) is 0 Å². The first-order chi connectivity index (χ1) is 11.1. The predicted molar refractivity (Wildman–Crippen MR) is 91.2 cm³/mol. The van der Waals surface area contributed by atoms with Crippen molar-refractivity contribution in [2.45, 2.75) is 19.8 Å². The van der Waals surface area contributed by atoms with Crippen molar-refractivity contribution in [2.75, 3.05) is 14.2 Å². The lowest BCUT2D eigenvalue weighted by molar-refractivity contribution is 0.105. The molecule has 118 valence electrons. The van der Waals surface area contributed by atoms with E-state index in [1.807, 2.05) is 49.4 Å². The van der Waals surface area contributed by atoms with Crippen LogP contribution in [0.1, 0.15) is 34.8 Å². The van der Waals surface area contributed by atoms with Crippen LogP contribution < -0.4 is 9.47 Å². The van der Waals surface area contributed by atoms with Crippen molar-refractivity contribution < 1.29 is 14.3 Å². The number of methoxy groups -OCH3 is 2. The van der Waals surface area contributed by atoms with Crippen molar-refractivity contribution >= 4 is 11.4 Å². The zero-order valence-electron chi connectivity index (χ0n) is 13.7. The van der Waals surface area contributed by atoms with E-state index < -0.39 is 0 Å². The number of benzene rings is 2. The van der Waals surface area contributed by atoms with Gasteiger partial charge in [0, 0.05) is 11.1 Å². The van der Waals surface area contributed by atoms with Crippen molar-refractivity contribution in [1.82, 2.24) is 0 Å². The maximum atomic E-state index is 13.0. The molecule has 0 aromatic heterocycles. The van der Waals surface area contributed by atoms with Gasteiger partial charge in [-0.3, -0.25) is 4.79 Å². The first-order valence-corrected chi connectivity index (χ1v) is 7.70. The molecule has 3 nitrogen and oxygen atoms in total. The molecule has 3 rings (SSSR count). The molecule has 0 unspecified atom stereocenters. The van der Waals surface area contributed by atoms with E-state index in [1.165, 1.54) is 5.56 Å². The molecule has 0 heterocycles. The van der Waals surface area contributed by atoms with E-state index in [1.54, 1.807) is 14.2 Å². The first kappa shape index (κ1) is 15.3. The zero-order chi connectivity index (χ0) is 16.4. The molecule has 0 atom stereocenters. The molecule has 0 radical (unpaired) electrons. The number of allylic oxidation sites excluding steroid dienone is 2. The lowest BCUT2D eigenvalue weighted by Crippen LogP contribution is -2.12. The highest BCUT2D eigenvalue weighted by Gasteiger charge is 2.23. The van der Waals surface area contributed by atoms with Crippen LogP contribution in [-0.2, 0) is 6.42 Å². The Morgan fingerprint density at radius 2 is 1.57 bits per heavy atom. The zero-order valence-corrected chi connectivity index (χ0v) is 13.7. The summed E-state index contributed by atoms with van der Waals surface area (Å²) in [6.07, 6.45) is 1.84. The van der Waals surface area contributed by atoms with Gasteiger partial charge in [-0.05, 0) is 67.3 Å². The molecule has 0 saturated carbocycles. The van der Waals surface area contributed by atoms with E-state index in [2.05, 4.69) is 0 Å². The van der Waals surface area contributed by atoms with Gasteiger partial charge in [-0.2, -0.15) is 0 Å². The van der Waals surface area contributed by atoms with Crippen LogP contribution in [-0.4, -0.2) is 20.0 Å². The molecular weight excluding hydrogens is 288 g/mol. The van der Waals surface area contributed by atoms with Gasteiger partial charge in [0.25, 0.3) is 0 Å². The fourth-order valence-electron chi connectivity index (χ4n) is 3.03. The number of ether oxygens (including phenoxy) is 2. The SMILES string of the molecule is COc1ccc(C(=O)C2=C(C)CCc3cc(OC)ccc32)cc1. The van der Waals surface area contributed by atoms with Gasteiger partial charge in [-0.25, -0.2) is 0 Å². The van der Waals surface area contributed by atoms with Crippen LogP contribution in [0.4, 0.5) is 0 Å². The van der Waals surface area contributed by atoms with Crippen LogP contribution in [0.5, 0.6) is 11.5 Å². The summed E-state index contributed by atoms with van der Waals surface area (Å²) in [6, 6.07) is 13.2. The molecule has 3 heteroatoms. The van der Waals surface area contributed by atoms with Crippen LogP contribution in [0.15, 0.2) is 48.0 Å². The Morgan fingerprint density at radius 1 is 0.913 bits per heavy atom. The first-order valence-electron chi connectivity index (χ1n) is 7.70. The van der Waals surface area contributed by atoms with Gasteiger partial charge < -0.3 is 9.47 Å². The van der Waals surface area contributed by atoms with Gasteiger partial charge in [-0.1, -0.05) is 11.6 Å². The predicted octanol–water partition coefficient (Wildman–Crippen LogP) is 4.31. The lowest BCUT2D eigenvalue weighted by Gasteiger charge is -2.21. The van der Waals surface area contributed by atoms with Crippen molar-refractivity contribution in [2.24, 2.45) is 0 Å². The molecule has 0 fully saturated rings. The number of ketones is 1. The molecule has 23 heavy (non-hydrogen) atoms. The number of rotatable bonds is 4. The van der Waals surface area contributed by atoms with Gasteiger partial charge in [0.2, 0.25) is 0 Å². The fourth-order valence-corrected chi connectivity index (χ4v) is 3.03. The van der Waals surface area contributed by atoms with Crippen LogP contribution in [0.25, 0.3) is 5.57 Å². The molecule has 0 bridgehead atoms. The van der Waals surface area contributed by atoms with Gasteiger partial charge in [0.05, 0.1) is 14.2 Å². The van der Waals surface area contributed by atoms with Crippen molar-refractivity contribution in [3.63, 3.8) is 0 Å². The topological polar surface area (TPSA) is 35.5 Å². The van der Waals surface area contributed by atoms with Crippen LogP contribution in [0.3, 0.4) is 0 Å². The molecule has 2 aromatic rings. The summed E-state index contributed by atoms with van der Waals surface area (Å²) in [5.74, 6) is 1.65. The fraction of sp³-hybridized carbons (Fsp3) is 0.250. The van der Waals surface area contributed by atoms with Crippen molar-refractivity contribution in [1.29, 1.82) is 0 Å². The maximum Gasteiger partial charge on any atom is 0.193 e. The third-order valence-electron chi connectivity index (χ3n) is 4.36. The monoisotopic (exact) mass is 308 g/mol. The van der Waals surface area contributed by atoms with E-state index in [-0.39, 0.29) is 5.78 Å². The maximum absolute atomic E-state index is 13.0. The summed E-state index contributed by atoms with van der Waals surface area (Å²) in [4.78, 5) is 13.0. The van der Waals surface area contributed by atoms with Crippen molar-refractivity contribution in [3.05, 3.63) is 64.7 Å². The van der Waals surface area contributed by atoms with E-state index in [0.29, 0.717) is 5.56 Å². The van der Waals surface area contributed by atoms with E-state index >= 15 is 0 Å². The number of Topliss-reactive ketones (excluding diaryl/α,β-unsaturated/α-hetero) is 1. The van der Waals surface area contributed by atoms with Crippen LogP contribution in [0.2, 0.25) is 0 Å². The smallest absolute Gasteiger partial charge is 0.193 e. The second-order valence-electron chi connectivity index (χ2n) is 5.74. The molecule has 1 aliphatic carbocycles. The average molecular weight is 308 g/mol. The van der Waals surface area contributed by atoms with E-state index in [9.17, 15) is 4.79 Å². The third kappa shape index (κ3) is 2.87. The number of carbonyl (C=O) groups excluding carboxylic acids is 1. The number of carbonyl (C=O) groups is 1. The molecule has 0 aliphatic heterocycles. The Hall–Kier alpha value is -2.55. The standard InChI is InChI=1S/C20H20O3/c1-13-4-5-15-12-17(23-3)10-11-18(15)19(13)20(21)14-6-8-16(22-2)9-7-14/h6-12H,4-5H2,1-3H3. The van der Waals surface area contributed by atoms with Crippen molar-refractivity contribution in [3.8, 4) is 11.5 Å². The minimum Gasteiger partial charge on any atom is -0.497 e. The van der Waals surface area contributed by atoms with Gasteiger partial charge in [0.1, 0.15) is 11.5 Å². The molecule has 0 spiro atoms. The quantitative estimate of drug-likeness (QED) is 0.790. The number of aryl methyl sites for hydroxylation is 1. The van der Waals surface area contributed by atoms with E-state index in [0.717, 1.165) is 41.1 Å². The minimum absolute atomic E-state index is 0.0660. The Balaban J connectivity index is 2.02. The number of fused-ring (bicyclic) bond motifs is 1. The minimum atomic E-state index is 0.0660. The summed E-state index contributed by atoms with van der Waals surface area (Å²) in [5.41, 5.74) is 4.84. The summed E-state index contributed by atoms with van der Waals surface area (Å²) in [7, 11) is 3.28. The van der Waals surface area contributed by atoms with Gasteiger partial charge in [-0.15, -0.1) is 0 Å². The normalized spacial score (nSPS) is 13.5. The summed E-state index contributed by atoms with van der Waals surface area (Å²) in [5, 5.41) is 0. The molecule has 2 aromatic carbocycles. The number of hydrogen-bond acceptors (Lipinski definition) is 3. The lowest BCUT2D eigenvalue weighted by atomic mass is 9.82. The Bertz CT molecular complexity index is 770. The summed E-state index contributed by atoms with van der Waals surface area (Å²) in [6.45, 7) is 2.05. The highest BCUT2D eigenvalue weighted by atomic mass is 16.5. The highest BCUT2D eigenvalue weighted by molar-refractivity contribution is 6.30. The van der Waals surface area contributed by atoms with Crippen LogP contribution >= 0.6 is 0 Å². The van der Waals surface area contributed by atoms with E-state index in [4.69, 9.17) is 9.47 Å². The van der Waals surface area contributed by atoms with Gasteiger partial charge in [0.15, 0.2) is 5.78 Å². The van der Waals surface area contributed by atoms with Gasteiger partial charge >= 0.3 is 0 Å².